The molecule has 3 rings (SSSR count). The van der Waals surface area contributed by atoms with Crippen LogP contribution in [0.3, 0.4) is 0 Å². The molecule has 1 fully saturated rings. The molecule has 0 unspecified atom stereocenters. The average molecular weight is 395 g/mol. The molecule has 1 heterocycles. The largest absolute Gasteiger partial charge is 0.310 e. The number of carbonyl (C=O) groups is 1. The summed E-state index contributed by atoms with van der Waals surface area (Å²) in [5.41, 5.74) is 0.990. The average Bonchev–Trinajstić information content (AvgIpc) is 2.94. The van der Waals surface area contributed by atoms with Crippen LogP contribution in [0.25, 0.3) is 0 Å². The summed E-state index contributed by atoms with van der Waals surface area (Å²) in [7, 11) is -3.75. The van der Waals surface area contributed by atoms with E-state index in [1.54, 1.807) is 47.4 Å². The molecule has 120 valence electrons. The van der Waals surface area contributed by atoms with Gasteiger partial charge in [0.05, 0.1) is 11.4 Å². The van der Waals surface area contributed by atoms with Crippen molar-refractivity contribution in [1.29, 1.82) is 0 Å². The summed E-state index contributed by atoms with van der Waals surface area (Å²) in [6.07, 6.45) is 1.27. The second-order valence-electron chi connectivity index (χ2n) is 5.20. The van der Waals surface area contributed by atoms with Crippen molar-refractivity contribution in [3.8, 4) is 0 Å². The normalized spacial score (nSPS) is 15.0. The number of rotatable bonds is 4. The molecular weight excluding hydrogens is 380 g/mol. The lowest BCUT2D eigenvalue weighted by molar-refractivity contribution is -0.117. The number of hydrogen-bond acceptors (Lipinski definition) is 3. The van der Waals surface area contributed by atoms with Crippen LogP contribution in [-0.4, -0.2) is 20.9 Å². The standard InChI is InChI=1S/C16H15BrN2O3S/c17-12-6-1-4-9-15(12)23(21,22)18-13-7-2-3-8-14(13)19-11-5-10-16(19)20/h1-4,6-9,18H,5,10-11H2. The third-order valence-corrected chi connectivity index (χ3v) is 6.02. The van der Waals surface area contributed by atoms with E-state index in [-0.39, 0.29) is 10.8 Å². The Bertz CT molecular complexity index is 852. The van der Waals surface area contributed by atoms with Gasteiger partial charge < -0.3 is 4.90 Å². The summed E-state index contributed by atoms with van der Waals surface area (Å²) in [6, 6.07) is 13.5. The van der Waals surface area contributed by atoms with Gasteiger partial charge >= 0.3 is 0 Å². The molecule has 2 aromatic carbocycles. The molecule has 0 bridgehead atoms. The van der Waals surface area contributed by atoms with Gasteiger partial charge in [0.1, 0.15) is 4.90 Å². The van der Waals surface area contributed by atoms with Crippen LogP contribution in [0, 0.1) is 0 Å². The maximum absolute atomic E-state index is 12.6. The maximum Gasteiger partial charge on any atom is 0.263 e. The van der Waals surface area contributed by atoms with Gasteiger partial charge in [-0.05, 0) is 46.6 Å². The van der Waals surface area contributed by atoms with Crippen molar-refractivity contribution in [1.82, 2.24) is 0 Å². The molecule has 23 heavy (non-hydrogen) atoms. The summed E-state index contributed by atoms with van der Waals surface area (Å²) in [5.74, 6) is 0.0116. The molecule has 5 nitrogen and oxygen atoms in total. The van der Waals surface area contributed by atoms with Crippen LogP contribution < -0.4 is 9.62 Å². The lowest BCUT2D eigenvalue weighted by Gasteiger charge is -2.20. The highest BCUT2D eigenvalue weighted by atomic mass is 79.9. The summed E-state index contributed by atoms with van der Waals surface area (Å²) >= 11 is 3.26. The number of anilines is 2. The monoisotopic (exact) mass is 394 g/mol. The van der Waals surface area contributed by atoms with Gasteiger partial charge in [0.2, 0.25) is 5.91 Å². The Balaban J connectivity index is 1.98. The first kappa shape index (κ1) is 16.0. The van der Waals surface area contributed by atoms with Gasteiger partial charge in [0.25, 0.3) is 10.0 Å². The molecule has 1 aliphatic heterocycles. The Morgan fingerprint density at radius 1 is 1.04 bits per heavy atom. The lowest BCUT2D eigenvalue weighted by Crippen LogP contribution is -2.25. The van der Waals surface area contributed by atoms with Crippen LogP contribution >= 0.6 is 15.9 Å². The topological polar surface area (TPSA) is 66.5 Å². The Kier molecular flexibility index (Phi) is 4.41. The molecule has 1 aliphatic rings. The molecule has 7 heteroatoms. The van der Waals surface area contributed by atoms with Crippen molar-refractivity contribution in [2.45, 2.75) is 17.7 Å². The number of benzene rings is 2. The van der Waals surface area contributed by atoms with Gasteiger partial charge in [-0.2, -0.15) is 0 Å². The maximum atomic E-state index is 12.6. The first-order chi connectivity index (χ1) is 11.0. The molecule has 1 saturated heterocycles. The summed E-state index contributed by atoms with van der Waals surface area (Å²) in [4.78, 5) is 13.7. The van der Waals surface area contributed by atoms with Crippen molar-refractivity contribution >= 4 is 43.2 Å². The van der Waals surface area contributed by atoms with E-state index in [0.717, 1.165) is 6.42 Å². The smallest absolute Gasteiger partial charge is 0.263 e. The predicted molar refractivity (Wildman–Crippen MR) is 93.0 cm³/mol. The number of para-hydroxylation sites is 2. The fraction of sp³-hybridized carbons (Fsp3) is 0.188. The van der Waals surface area contributed by atoms with Crippen molar-refractivity contribution < 1.29 is 13.2 Å². The highest BCUT2D eigenvalue weighted by Gasteiger charge is 2.25. The van der Waals surface area contributed by atoms with Crippen LogP contribution in [0.15, 0.2) is 57.9 Å². The van der Waals surface area contributed by atoms with Crippen molar-refractivity contribution in [3.05, 3.63) is 53.0 Å². The summed E-state index contributed by atoms with van der Waals surface area (Å²) < 4.78 is 28.3. The minimum absolute atomic E-state index is 0.0116. The van der Waals surface area contributed by atoms with Gasteiger partial charge in [-0.15, -0.1) is 0 Å². The second kappa shape index (κ2) is 6.33. The van der Waals surface area contributed by atoms with Crippen LogP contribution in [0.2, 0.25) is 0 Å². The lowest BCUT2D eigenvalue weighted by atomic mass is 10.2. The first-order valence-electron chi connectivity index (χ1n) is 7.16. The zero-order valence-electron chi connectivity index (χ0n) is 12.2. The Morgan fingerprint density at radius 3 is 2.43 bits per heavy atom. The van der Waals surface area contributed by atoms with Gasteiger partial charge in [-0.3, -0.25) is 9.52 Å². The molecule has 0 spiro atoms. The van der Waals surface area contributed by atoms with E-state index in [0.29, 0.717) is 28.8 Å². The Morgan fingerprint density at radius 2 is 1.74 bits per heavy atom. The second-order valence-corrected chi connectivity index (χ2v) is 7.71. The van der Waals surface area contributed by atoms with E-state index < -0.39 is 10.0 Å². The third kappa shape index (κ3) is 3.25. The van der Waals surface area contributed by atoms with Gasteiger partial charge in [-0.1, -0.05) is 24.3 Å². The minimum Gasteiger partial charge on any atom is -0.310 e. The SMILES string of the molecule is O=C1CCCN1c1ccccc1NS(=O)(=O)c1ccccc1Br. The third-order valence-electron chi connectivity index (χ3n) is 3.64. The number of halogens is 1. The number of nitrogens with one attached hydrogen (secondary N) is 1. The fourth-order valence-corrected chi connectivity index (χ4v) is 4.64. The van der Waals surface area contributed by atoms with Gasteiger partial charge in [-0.25, -0.2) is 8.42 Å². The minimum atomic E-state index is -3.75. The number of nitrogens with zero attached hydrogens (tertiary/aromatic N) is 1. The Labute approximate surface area is 143 Å². The van der Waals surface area contributed by atoms with Gasteiger partial charge in [0, 0.05) is 17.4 Å². The quantitative estimate of drug-likeness (QED) is 0.863. The van der Waals surface area contributed by atoms with Crippen LogP contribution in [0.4, 0.5) is 11.4 Å². The molecule has 2 aromatic rings. The van der Waals surface area contributed by atoms with E-state index in [1.807, 2.05) is 0 Å². The zero-order chi connectivity index (χ0) is 16.4. The van der Waals surface area contributed by atoms with E-state index in [9.17, 15) is 13.2 Å². The van der Waals surface area contributed by atoms with Gasteiger partial charge in [0.15, 0.2) is 0 Å². The molecule has 0 aromatic heterocycles. The summed E-state index contributed by atoms with van der Waals surface area (Å²) in [5, 5.41) is 0. The van der Waals surface area contributed by atoms with E-state index >= 15 is 0 Å². The molecule has 0 aliphatic carbocycles. The number of amides is 1. The molecule has 1 N–H and O–H groups in total. The van der Waals surface area contributed by atoms with Crippen molar-refractivity contribution in [2.24, 2.45) is 0 Å². The van der Waals surface area contributed by atoms with E-state index in [4.69, 9.17) is 0 Å². The van der Waals surface area contributed by atoms with Crippen LogP contribution in [0.5, 0.6) is 0 Å². The van der Waals surface area contributed by atoms with E-state index in [1.165, 1.54) is 6.07 Å². The van der Waals surface area contributed by atoms with Crippen LogP contribution in [0.1, 0.15) is 12.8 Å². The molecule has 0 radical (unpaired) electrons. The number of sulfonamides is 1. The Hall–Kier alpha value is -1.86. The molecular formula is C16H15BrN2O3S. The van der Waals surface area contributed by atoms with Crippen molar-refractivity contribution in [3.63, 3.8) is 0 Å². The first-order valence-corrected chi connectivity index (χ1v) is 9.43. The fourth-order valence-electron chi connectivity index (χ4n) is 2.56. The number of carbonyl (C=O) groups excluding carboxylic acids is 1. The van der Waals surface area contributed by atoms with Crippen molar-refractivity contribution in [2.75, 3.05) is 16.2 Å². The molecule has 0 saturated carbocycles. The molecule has 1 amide bonds. The predicted octanol–water partition coefficient (Wildman–Crippen LogP) is 3.38. The summed E-state index contributed by atoms with van der Waals surface area (Å²) in [6.45, 7) is 0.604. The number of hydrogen-bond donors (Lipinski definition) is 1. The highest BCUT2D eigenvalue weighted by Crippen LogP contribution is 2.32. The molecule has 0 atom stereocenters. The van der Waals surface area contributed by atoms with Crippen LogP contribution in [-0.2, 0) is 14.8 Å². The highest BCUT2D eigenvalue weighted by molar-refractivity contribution is 9.10. The van der Waals surface area contributed by atoms with E-state index in [2.05, 4.69) is 20.7 Å². The zero-order valence-corrected chi connectivity index (χ0v) is 14.6.